The summed E-state index contributed by atoms with van der Waals surface area (Å²) in [5, 5.41) is 40.0. The van der Waals surface area contributed by atoms with Crippen LogP contribution in [-0.2, 0) is 23.0 Å². The lowest BCUT2D eigenvalue weighted by atomic mass is 10.0. The lowest BCUT2D eigenvalue weighted by Gasteiger charge is -2.23. The molecule has 4 N–H and O–H groups in total. The van der Waals surface area contributed by atoms with Crippen LogP contribution in [0.25, 0.3) is 0 Å². The molecule has 4 nitrogen and oxygen atoms in total. The second-order valence-corrected chi connectivity index (χ2v) is 12.2. The Kier molecular flexibility index (Phi) is 13.0. The lowest BCUT2D eigenvalue weighted by Crippen LogP contribution is -2.08. The van der Waals surface area contributed by atoms with Gasteiger partial charge in [0.2, 0.25) is 0 Å². The highest BCUT2D eigenvalue weighted by molar-refractivity contribution is 7.99. The summed E-state index contributed by atoms with van der Waals surface area (Å²) in [6, 6.07) is 0. The van der Waals surface area contributed by atoms with Crippen molar-refractivity contribution >= 4 is 70.2 Å². The second kappa shape index (κ2) is 13.5. The minimum absolute atomic E-state index is 0.488. The monoisotopic (exact) mass is 506 g/mol. The smallest absolute Gasteiger partial charge is 0.0967 e. The van der Waals surface area contributed by atoms with Crippen molar-refractivity contribution in [2.75, 3.05) is 0 Å². The normalized spacial score (nSPS) is 16.1. The zero-order valence-corrected chi connectivity index (χ0v) is 21.1. The number of thioether (sulfide) groups is 4. The zero-order chi connectivity index (χ0) is 21.4. The molecule has 1 aromatic carbocycles. The van der Waals surface area contributed by atoms with Crippen LogP contribution in [0.1, 0.15) is 49.9 Å². The van der Waals surface area contributed by atoms with Crippen LogP contribution in [0.4, 0.5) is 0 Å². The van der Waals surface area contributed by atoms with Gasteiger partial charge in [-0.1, -0.05) is 23.2 Å². The summed E-state index contributed by atoms with van der Waals surface area (Å²) < 4.78 is 0. The topological polar surface area (TPSA) is 80.9 Å². The Morgan fingerprint density at radius 2 is 0.714 bits per heavy atom. The van der Waals surface area contributed by atoms with Gasteiger partial charge in [0, 0.05) is 33.1 Å². The third-order valence-corrected chi connectivity index (χ3v) is 8.33. The fourth-order valence-corrected chi connectivity index (χ4v) is 6.26. The Morgan fingerprint density at radius 3 is 0.857 bits per heavy atom. The maximum Gasteiger partial charge on any atom is 0.0967 e. The Balaban J connectivity index is 3.47. The molecule has 0 radical (unpaired) electrons. The Morgan fingerprint density at radius 1 is 0.536 bits per heavy atom. The summed E-state index contributed by atoms with van der Waals surface area (Å²) in [4.78, 5) is 0. The predicted octanol–water partition coefficient (Wildman–Crippen LogP) is 5.28. The molecule has 0 saturated heterocycles. The van der Waals surface area contributed by atoms with Crippen molar-refractivity contribution in [1.29, 1.82) is 0 Å². The third kappa shape index (κ3) is 9.04. The Labute approximate surface area is 194 Å². The average molecular weight is 508 g/mol. The molecule has 4 atom stereocenters. The van der Waals surface area contributed by atoms with Crippen molar-refractivity contribution in [1.82, 2.24) is 0 Å². The van der Waals surface area contributed by atoms with Crippen molar-refractivity contribution in [3.63, 3.8) is 0 Å². The molecule has 0 aliphatic carbocycles. The predicted molar refractivity (Wildman–Crippen MR) is 128 cm³/mol. The first kappa shape index (κ1) is 27.1. The molecular weight excluding hydrogens is 479 g/mol. The van der Waals surface area contributed by atoms with E-state index in [4.69, 9.17) is 23.2 Å². The summed E-state index contributed by atoms with van der Waals surface area (Å²) in [5.41, 5.74) is 1.19. The molecule has 0 aromatic heterocycles. The van der Waals surface area contributed by atoms with E-state index in [1.165, 1.54) is 47.0 Å². The molecule has 1 rings (SSSR count). The number of hydrogen-bond donors (Lipinski definition) is 4. The van der Waals surface area contributed by atoms with E-state index in [-0.39, 0.29) is 0 Å². The van der Waals surface area contributed by atoms with Crippen LogP contribution in [0, 0.1) is 0 Å². The summed E-state index contributed by atoms with van der Waals surface area (Å²) in [5.74, 6) is 1.95. The minimum atomic E-state index is -0.548. The highest BCUT2D eigenvalue weighted by Crippen LogP contribution is 2.42. The summed E-state index contributed by atoms with van der Waals surface area (Å²) >= 11 is 19.0. The fourth-order valence-electron chi connectivity index (χ4n) is 2.31. The molecule has 0 spiro atoms. The number of hydrogen-bond acceptors (Lipinski definition) is 8. The standard InChI is InChI=1S/C18H28Cl2O4S4/c1-9(21)25-5-13-14(6-26-10(2)22)18(20)16(8-28-12(4)24)15(17(13)19)7-27-11(3)23/h9-12,21-24H,5-8H2,1-4H3. The number of aliphatic hydroxyl groups is 4. The summed E-state index contributed by atoms with van der Waals surface area (Å²) in [7, 11) is 0. The molecule has 0 fully saturated rings. The van der Waals surface area contributed by atoms with E-state index in [9.17, 15) is 20.4 Å². The number of halogens is 2. The van der Waals surface area contributed by atoms with E-state index in [0.717, 1.165) is 22.3 Å². The van der Waals surface area contributed by atoms with E-state index in [2.05, 4.69) is 0 Å². The van der Waals surface area contributed by atoms with E-state index in [0.29, 0.717) is 33.1 Å². The minimum Gasteiger partial charge on any atom is -0.383 e. The van der Waals surface area contributed by atoms with Crippen LogP contribution in [0.15, 0.2) is 0 Å². The summed E-state index contributed by atoms with van der Waals surface area (Å²) in [6.07, 6.45) is 0. The van der Waals surface area contributed by atoms with Gasteiger partial charge >= 0.3 is 0 Å². The zero-order valence-electron chi connectivity index (χ0n) is 16.3. The molecule has 10 heteroatoms. The van der Waals surface area contributed by atoms with Gasteiger partial charge in [0.25, 0.3) is 0 Å². The van der Waals surface area contributed by atoms with Gasteiger partial charge in [-0.25, -0.2) is 0 Å². The van der Waals surface area contributed by atoms with Gasteiger partial charge in [0.05, 0.1) is 21.7 Å². The van der Waals surface area contributed by atoms with Crippen molar-refractivity contribution in [2.24, 2.45) is 0 Å². The molecule has 0 heterocycles. The van der Waals surface area contributed by atoms with Crippen LogP contribution in [0.2, 0.25) is 10.0 Å². The van der Waals surface area contributed by atoms with Gasteiger partial charge < -0.3 is 20.4 Å². The number of rotatable bonds is 12. The first-order chi connectivity index (χ1) is 13.0. The van der Waals surface area contributed by atoms with E-state index in [1.807, 2.05) is 0 Å². The van der Waals surface area contributed by atoms with Gasteiger partial charge in [0.1, 0.15) is 0 Å². The Hall–Kier alpha value is 1.04. The molecule has 162 valence electrons. The molecule has 0 amide bonds. The Bertz CT molecular complexity index is 526. The quantitative estimate of drug-likeness (QED) is 0.285. The van der Waals surface area contributed by atoms with Gasteiger partial charge in [-0.05, 0) is 49.9 Å². The SMILES string of the molecule is CC(O)SCc1c(Cl)c(CSC(C)O)c(CSC(C)O)c(Cl)c1CSC(C)O. The molecule has 28 heavy (non-hydrogen) atoms. The maximum atomic E-state index is 9.70. The van der Waals surface area contributed by atoms with Gasteiger partial charge in [0.15, 0.2) is 0 Å². The van der Waals surface area contributed by atoms with Gasteiger partial charge in [-0.2, -0.15) is 0 Å². The van der Waals surface area contributed by atoms with Crippen LogP contribution in [-0.4, -0.2) is 42.2 Å². The van der Waals surface area contributed by atoms with Crippen LogP contribution in [0.3, 0.4) is 0 Å². The molecule has 0 saturated carbocycles. The highest BCUT2D eigenvalue weighted by Gasteiger charge is 2.23. The first-order valence-corrected chi connectivity index (χ1v) is 13.7. The largest absolute Gasteiger partial charge is 0.383 e. The molecule has 0 aliphatic rings. The molecular formula is C18H28Cl2O4S4. The number of benzene rings is 1. The van der Waals surface area contributed by atoms with Crippen molar-refractivity contribution in [2.45, 2.75) is 72.5 Å². The lowest BCUT2D eigenvalue weighted by molar-refractivity contribution is 0.283. The van der Waals surface area contributed by atoms with E-state index < -0.39 is 21.7 Å². The third-order valence-electron chi connectivity index (χ3n) is 3.66. The molecule has 0 aliphatic heterocycles. The van der Waals surface area contributed by atoms with Gasteiger partial charge in [-0.15, -0.1) is 47.0 Å². The fraction of sp³-hybridized carbons (Fsp3) is 0.667. The van der Waals surface area contributed by atoms with Crippen LogP contribution >= 0.6 is 70.2 Å². The average Bonchev–Trinajstić information content (AvgIpc) is 2.57. The van der Waals surface area contributed by atoms with Gasteiger partial charge in [-0.3, -0.25) is 0 Å². The second-order valence-electron chi connectivity index (χ2n) is 6.18. The van der Waals surface area contributed by atoms with E-state index in [1.54, 1.807) is 27.7 Å². The van der Waals surface area contributed by atoms with Crippen LogP contribution < -0.4 is 0 Å². The molecule has 1 aromatic rings. The van der Waals surface area contributed by atoms with E-state index >= 15 is 0 Å². The van der Waals surface area contributed by atoms with Crippen molar-refractivity contribution in [3.8, 4) is 0 Å². The first-order valence-electron chi connectivity index (χ1n) is 8.73. The molecule has 4 unspecified atom stereocenters. The van der Waals surface area contributed by atoms with Crippen molar-refractivity contribution < 1.29 is 20.4 Å². The molecule has 0 bridgehead atoms. The summed E-state index contributed by atoms with van der Waals surface area (Å²) in [6.45, 7) is 6.79. The number of aliphatic hydroxyl groups excluding tert-OH is 4. The highest BCUT2D eigenvalue weighted by atomic mass is 35.5. The van der Waals surface area contributed by atoms with Crippen molar-refractivity contribution in [3.05, 3.63) is 32.3 Å². The maximum absolute atomic E-state index is 9.70. The van der Waals surface area contributed by atoms with Crippen LogP contribution in [0.5, 0.6) is 0 Å².